The number of rotatable bonds is 3. The van der Waals surface area contributed by atoms with Gasteiger partial charge in [-0.15, -0.1) is 0 Å². The average molecular weight is 410 g/mol. The second kappa shape index (κ2) is 10.5. The summed E-state index contributed by atoms with van der Waals surface area (Å²) < 4.78 is 31.4. The number of carbonyl (C=O) groups is 2. The van der Waals surface area contributed by atoms with Gasteiger partial charge in [0, 0.05) is 0 Å². The molecule has 0 radical (unpaired) electrons. The predicted octanol–water partition coefficient (Wildman–Crippen LogP) is 1.18. The summed E-state index contributed by atoms with van der Waals surface area (Å²) in [7, 11) is -4.70. The summed E-state index contributed by atoms with van der Waals surface area (Å²) in [5.41, 5.74) is -1.36. The number of benzene rings is 1. The van der Waals surface area contributed by atoms with Crippen molar-refractivity contribution in [2.75, 3.05) is 0 Å². The smallest absolute Gasteiger partial charge is 0.336 e. The molecule has 12 heteroatoms. The van der Waals surface area contributed by atoms with Crippen LogP contribution in [-0.4, -0.2) is 35.1 Å². The SMILES string of the molecule is Cc1c(C(=O)O)cc(C(=O)O)c(C)c1S(=O)(=O)O.P.P.P.P. The highest BCUT2D eigenvalue weighted by Crippen LogP contribution is 2.26. The van der Waals surface area contributed by atoms with E-state index in [2.05, 4.69) is 0 Å². The maximum atomic E-state index is 11.2. The molecule has 0 saturated carbocycles. The van der Waals surface area contributed by atoms with Gasteiger partial charge in [-0.25, -0.2) is 9.59 Å². The zero-order valence-electron chi connectivity index (χ0n) is 12.3. The van der Waals surface area contributed by atoms with Crippen LogP contribution in [0.5, 0.6) is 0 Å². The highest BCUT2D eigenvalue weighted by atomic mass is 32.2. The van der Waals surface area contributed by atoms with Crippen molar-refractivity contribution in [3.8, 4) is 0 Å². The van der Waals surface area contributed by atoms with Crippen molar-refractivity contribution < 1.29 is 32.8 Å². The highest BCUT2D eigenvalue weighted by molar-refractivity contribution is 7.86. The molecule has 0 aliphatic heterocycles. The van der Waals surface area contributed by atoms with Crippen molar-refractivity contribution >= 4 is 61.7 Å². The first kappa shape index (κ1) is 29.8. The number of carboxylic acid groups (broad SMARTS) is 2. The van der Waals surface area contributed by atoms with Gasteiger partial charge < -0.3 is 10.2 Å². The molecule has 0 spiro atoms. The third-order valence-corrected chi connectivity index (χ3v) is 3.62. The largest absolute Gasteiger partial charge is 0.478 e. The third kappa shape index (κ3) is 6.12. The number of hydrogen-bond acceptors (Lipinski definition) is 4. The van der Waals surface area contributed by atoms with Gasteiger partial charge in [-0.2, -0.15) is 48.0 Å². The molecule has 0 heterocycles. The van der Waals surface area contributed by atoms with Crippen molar-refractivity contribution in [3.63, 3.8) is 0 Å². The summed E-state index contributed by atoms with van der Waals surface area (Å²) in [5, 5.41) is 17.8. The van der Waals surface area contributed by atoms with E-state index in [1.165, 1.54) is 13.8 Å². The monoisotopic (exact) mass is 410 g/mol. The summed E-state index contributed by atoms with van der Waals surface area (Å²) in [6, 6.07) is 0.865. The Morgan fingerprint density at radius 1 is 0.864 bits per heavy atom. The second-order valence-corrected chi connectivity index (χ2v) is 4.99. The molecular weight excluding hydrogens is 388 g/mol. The topological polar surface area (TPSA) is 129 Å². The van der Waals surface area contributed by atoms with Gasteiger partial charge in [0.15, 0.2) is 0 Å². The summed E-state index contributed by atoms with van der Waals surface area (Å²) in [5.74, 6) is -2.94. The minimum Gasteiger partial charge on any atom is -0.478 e. The van der Waals surface area contributed by atoms with E-state index < -0.39 is 38.1 Å². The second-order valence-electron chi connectivity index (χ2n) is 3.64. The number of aromatic carboxylic acids is 2. The number of hydrogen-bond donors (Lipinski definition) is 3. The van der Waals surface area contributed by atoms with E-state index in [0.29, 0.717) is 0 Å². The van der Waals surface area contributed by atoms with Crippen molar-refractivity contribution in [2.24, 2.45) is 0 Å². The van der Waals surface area contributed by atoms with Gasteiger partial charge in [0.2, 0.25) is 0 Å². The van der Waals surface area contributed by atoms with Gasteiger partial charge in [0.05, 0.1) is 11.1 Å². The normalized spacial score (nSPS) is 9.23. The van der Waals surface area contributed by atoms with Crippen LogP contribution in [0.15, 0.2) is 11.0 Å². The van der Waals surface area contributed by atoms with Crippen molar-refractivity contribution in [1.82, 2.24) is 0 Å². The Balaban J connectivity index is -0.000000405. The zero-order chi connectivity index (χ0) is 14.2. The molecule has 130 valence electrons. The van der Waals surface area contributed by atoms with Crippen molar-refractivity contribution in [1.29, 1.82) is 0 Å². The Kier molecular flexibility index (Phi) is 14.3. The molecule has 0 amide bonds. The highest BCUT2D eigenvalue weighted by Gasteiger charge is 2.26. The molecule has 0 bridgehead atoms. The molecule has 0 fully saturated rings. The Labute approximate surface area is 141 Å². The summed E-state index contributed by atoms with van der Waals surface area (Å²) in [4.78, 5) is 21.2. The molecule has 0 aliphatic carbocycles. The minimum atomic E-state index is -4.70. The van der Waals surface area contributed by atoms with Crippen LogP contribution < -0.4 is 0 Å². The minimum absolute atomic E-state index is 0. The van der Waals surface area contributed by atoms with Crippen LogP contribution in [0.1, 0.15) is 31.8 Å². The fraction of sp³-hybridized carbons (Fsp3) is 0.200. The summed E-state index contributed by atoms with van der Waals surface area (Å²) in [6.45, 7) is 2.37. The Hall–Kier alpha value is -0.210. The predicted molar refractivity (Wildman–Crippen MR) is 104 cm³/mol. The lowest BCUT2D eigenvalue weighted by Gasteiger charge is -2.12. The van der Waals surface area contributed by atoms with E-state index in [9.17, 15) is 18.0 Å². The zero-order valence-corrected chi connectivity index (χ0v) is 18.8. The lowest BCUT2D eigenvalue weighted by Crippen LogP contribution is -2.14. The van der Waals surface area contributed by atoms with Crippen molar-refractivity contribution in [3.05, 3.63) is 28.3 Å². The van der Waals surface area contributed by atoms with Crippen LogP contribution in [0.3, 0.4) is 0 Å². The summed E-state index contributed by atoms with van der Waals surface area (Å²) in [6.07, 6.45) is 0. The van der Waals surface area contributed by atoms with Gasteiger partial charge in [0.25, 0.3) is 10.1 Å². The molecule has 1 rings (SSSR count). The third-order valence-electron chi connectivity index (χ3n) is 2.50. The first-order valence-corrected chi connectivity index (χ1v) is 6.09. The van der Waals surface area contributed by atoms with Gasteiger partial charge in [-0.05, 0) is 31.0 Å². The maximum absolute atomic E-state index is 11.2. The van der Waals surface area contributed by atoms with Crippen LogP contribution in [-0.2, 0) is 10.1 Å². The molecule has 0 saturated heterocycles. The molecule has 4 atom stereocenters. The molecule has 1 aromatic carbocycles. The molecule has 22 heavy (non-hydrogen) atoms. The number of carboxylic acids is 2. The first-order valence-electron chi connectivity index (χ1n) is 4.65. The van der Waals surface area contributed by atoms with Gasteiger partial charge in [-0.1, -0.05) is 0 Å². The fourth-order valence-electron chi connectivity index (χ4n) is 1.72. The lowest BCUT2D eigenvalue weighted by molar-refractivity contribution is 0.0695. The lowest BCUT2D eigenvalue weighted by atomic mass is 10.00. The van der Waals surface area contributed by atoms with E-state index in [1.54, 1.807) is 0 Å². The Bertz CT molecular complexity index is 619. The van der Waals surface area contributed by atoms with Crippen LogP contribution in [0.25, 0.3) is 0 Å². The van der Waals surface area contributed by atoms with Gasteiger partial charge >= 0.3 is 11.9 Å². The molecule has 0 aliphatic rings. The van der Waals surface area contributed by atoms with Crippen LogP contribution in [0.2, 0.25) is 0 Å². The standard InChI is InChI=1S/C10H10O7S.4H3P/c1-4-6(9(11)12)3-7(10(13)14)5(2)8(4)18(15,16)17;;;;/h3H,1-2H3,(H,11,12)(H,13,14)(H,15,16,17);4*1H3. The Morgan fingerprint density at radius 3 is 1.32 bits per heavy atom. The molecule has 7 nitrogen and oxygen atoms in total. The van der Waals surface area contributed by atoms with Crippen molar-refractivity contribution in [2.45, 2.75) is 18.7 Å². The van der Waals surface area contributed by atoms with E-state index in [0.717, 1.165) is 6.07 Å². The van der Waals surface area contributed by atoms with Crippen LogP contribution in [0.4, 0.5) is 0 Å². The van der Waals surface area contributed by atoms with Gasteiger partial charge in [-0.3, -0.25) is 4.55 Å². The van der Waals surface area contributed by atoms with E-state index >= 15 is 0 Å². The summed E-state index contributed by atoms with van der Waals surface area (Å²) >= 11 is 0. The molecular formula is C10H22O7P4S. The van der Waals surface area contributed by atoms with Crippen LogP contribution in [0, 0.1) is 13.8 Å². The quantitative estimate of drug-likeness (QED) is 0.504. The molecule has 1 aromatic rings. The molecule has 3 N–H and O–H groups in total. The first-order chi connectivity index (χ1) is 8.07. The fourth-order valence-corrected chi connectivity index (χ4v) is 2.71. The molecule has 4 unspecified atom stereocenters. The van der Waals surface area contributed by atoms with E-state index in [-0.39, 0.29) is 50.7 Å². The Morgan fingerprint density at radius 2 is 1.14 bits per heavy atom. The maximum Gasteiger partial charge on any atom is 0.336 e. The molecule has 0 aromatic heterocycles. The van der Waals surface area contributed by atoms with E-state index in [4.69, 9.17) is 14.8 Å². The van der Waals surface area contributed by atoms with Crippen LogP contribution >= 0.6 is 39.6 Å². The van der Waals surface area contributed by atoms with Gasteiger partial charge in [0.1, 0.15) is 4.90 Å². The van der Waals surface area contributed by atoms with E-state index in [1.807, 2.05) is 0 Å². The average Bonchev–Trinajstić information content (AvgIpc) is 2.13.